The van der Waals surface area contributed by atoms with Crippen LogP contribution in [0.2, 0.25) is 0 Å². The molecule has 7 nitrogen and oxygen atoms in total. The van der Waals surface area contributed by atoms with Crippen LogP contribution in [0.5, 0.6) is 5.88 Å². The molecule has 112 valence electrons. The van der Waals surface area contributed by atoms with Crippen molar-refractivity contribution in [3.63, 3.8) is 0 Å². The number of anilines is 1. The lowest BCUT2D eigenvalue weighted by Gasteiger charge is -2.22. The first-order chi connectivity index (χ1) is 9.60. The Morgan fingerprint density at radius 3 is 2.60 bits per heavy atom. The van der Waals surface area contributed by atoms with Gasteiger partial charge in [0.05, 0.1) is 27.2 Å². The molecule has 0 aliphatic rings. The molecule has 0 bridgehead atoms. The molecule has 0 aliphatic carbocycles. The van der Waals surface area contributed by atoms with Crippen LogP contribution in [-0.4, -0.2) is 57.0 Å². The van der Waals surface area contributed by atoms with Crippen LogP contribution in [0.15, 0.2) is 6.07 Å². The summed E-state index contributed by atoms with van der Waals surface area (Å²) in [6.07, 6.45) is 0.264. The molecule has 0 amide bonds. The minimum absolute atomic E-state index is 0.264. The lowest BCUT2D eigenvalue weighted by atomic mass is 10.3. The Hall–Kier alpha value is -1.89. The molecule has 7 heteroatoms. The lowest BCUT2D eigenvalue weighted by molar-refractivity contribution is -0.140. The van der Waals surface area contributed by atoms with Gasteiger partial charge in [0.15, 0.2) is 0 Å². The van der Waals surface area contributed by atoms with E-state index in [0.29, 0.717) is 31.5 Å². The zero-order valence-corrected chi connectivity index (χ0v) is 12.4. The summed E-state index contributed by atoms with van der Waals surface area (Å²) in [4.78, 5) is 21.8. The van der Waals surface area contributed by atoms with Crippen LogP contribution in [0.25, 0.3) is 0 Å². The van der Waals surface area contributed by atoms with Gasteiger partial charge in [-0.05, 0) is 6.92 Å². The standard InChI is InChI=1S/C13H21N3O4/c1-10-9-11(19-3)15-13(14-10)16(7-8-18-2)6-5-12(17)20-4/h9H,5-8H2,1-4H3. The first kappa shape index (κ1) is 16.2. The maximum absolute atomic E-state index is 11.3. The first-order valence-electron chi connectivity index (χ1n) is 6.31. The Morgan fingerprint density at radius 2 is 2.00 bits per heavy atom. The lowest BCUT2D eigenvalue weighted by Crippen LogP contribution is -2.31. The topological polar surface area (TPSA) is 73.8 Å². The minimum Gasteiger partial charge on any atom is -0.481 e. The largest absolute Gasteiger partial charge is 0.481 e. The van der Waals surface area contributed by atoms with E-state index in [0.717, 1.165) is 5.69 Å². The van der Waals surface area contributed by atoms with Crippen LogP contribution in [0.3, 0.4) is 0 Å². The number of carbonyl (C=O) groups excluding carboxylic acids is 1. The molecule has 0 N–H and O–H groups in total. The van der Waals surface area contributed by atoms with Gasteiger partial charge in [-0.15, -0.1) is 0 Å². The van der Waals surface area contributed by atoms with Gasteiger partial charge in [0.2, 0.25) is 11.8 Å². The summed E-state index contributed by atoms with van der Waals surface area (Å²) in [5, 5.41) is 0. The second-order valence-electron chi connectivity index (χ2n) is 4.16. The van der Waals surface area contributed by atoms with E-state index >= 15 is 0 Å². The zero-order valence-electron chi connectivity index (χ0n) is 12.4. The summed E-state index contributed by atoms with van der Waals surface area (Å²) < 4.78 is 14.9. The quantitative estimate of drug-likeness (QED) is 0.653. The van der Waals surface area contributed by atoms with E-state index in [4.69, 9.17) is 9.47 Å². The van der Waals surface area contributed by atoms with Gasteiger partial charge >= 0.3 is 5.97 Å². The predicted octanol–water partition coefficient (Wildman–Crippen LogP) is 0.810. The van der Waals surface area contributed by atoms with Gasteiger partial charge < -0.3 is 19.1 Å². The first-order valence-corrected chi connectivity index (χ1v) is 6.31. The molecule has 1 aromatic rings. The monoisotopic (exact) mass is 283 g/mol. The molecule has 1 heterocycles. The molecule has 0 spiro atoms. The van der Waals surface area contributed by atoms with Crippen molar-refractivity contribution in [2.75, 3.05) is 45.9 Å². The summed E-state index contributed by atoms with van der Waals surface area (Å²) in [6.45, 7) is 3.42. The third kappa shape index (κ3) is 5.00. The minimum atomic E-state index is -0.271. The van der Waals surface area contributed by atoms with Gasteiger partial charge in [-0.2, -0.15) is 4.98 Å². The van der Waals surface area contributed by atoms with E-state index in [2.05, 4.69) is 14.7 Å². The van der Waals surface area contributed by atoms with E-state index in [1.165, 1.54) is 7.11 Å². The molecular formula is C13H21N3O4. The van der Waals surface area contributed by atoms with Gasteiger partial charge in [0.25, 0.3) is 0 Å². The molecule has 0 aliphatic heterocycles. The maximum atomic E-state index is 11.3. The fraction of sp³-hybridized carbons (Fsp3) is 0.615. The number of methoxy groups -OCH3 is 3. The van der Waals surface area contributed by atoms with E-state index in [-0.39, 0.29) is 12.4 Å². The smallest absolute Gasteiger partial charge is 0.307 e. The molecule has 0 atom stereocenters. The molecule has 0 saturated carbocycles. The van der Waals surface area contributed by atoms with Gasteiger partial charge in [0, 0.05) is 32.0 Å². The summed E-state index contributed by atoms with van der Waals surface area (Å²) in [7, 11) is 4.55. The number of hydrogen-bond donors (Lipinski definition) is 0. The van der Waals surface area contributed by atoms with Crippen molar-refractivity contribution in [2.45, 2.75) is 13.3 Å². The van der Waals surface area contributed by atoms with E-state index in [1.807, 2.05) is 11.8 Å². The Balaban J connectivity index is 2.85. The fourth-order valence-corrected chi connectivity index (χ4v) is 1.61. The zero-order chi connectivity index (χ0) is 15.0. The molecule has 1 rings (SSSR count). The molecule has 0 unspecified atom stereocenters. The van der Waals surface area contributed by atoms with Crippen LogP contribution in [-0.2, 0) is 14.3 Å². The fourth-order valence-electron chi connectivity index (χ4n) is 1.61. The highest BCUT2D eigenvalue weighted by atomic mass is 16.5. The average molecular weight is 283 g/mol. The van der Waals surface area contributed by atoms with Crippen molar-refractivity contribution in [3.8, 4) is 5.88 Å². The Morgan fingerprint density at radius 1 is 1.25 bits per heavy atom. The van der Waals surface area contributed by atoms with Crippen molar-refractivity contribution >= 4 is 11.9 Å². The van der Waals surface area contributed by atoms with Crippen molar-refractivity contribution in [2.24, 2.45) is 0 Å². The molecule has 0 aromatic carbocycles. The summed E-state index contributed by atoms with van der Waals surface area (Å²) in [5.41, 5.74) is 0.798. The van der Waals surface area contributed by atoms with Crippen molar-refractivity contribution in [3.05, 3.63) is 11.8 Å². The highest BCUT2D eigenvalue weighted by Crippen LogP contribution is 2.15. The second-order valence-corrected chi connectivity index (χ2v) is 4.16. The summed E-state index contributed by atoms with van der Waals surface area (Å²) in [5.74, 6) is 0.739. The number of aromatic nitrogens is 2. The van der Waals surface area contributed by atoms with Gasteiger partial charge in [-0.25, -0.2) is 4.98 Å². The molecule has 0 radical (unpaired) electrons. The van der Waals surface area contributed by atoms with Crippen molar-refractivity contribution in [1.82, 2.24) is 9.97 Å². The molecule has 1 aromatic heterocycles. The Bertz CT molecular complexity index is 440. The normalized spacial score (nSPS) is 10.2. The predicted molar refractivity (Wildman–Crippen MR) is 74.0 cm³/mol. The highest BCUT2D eigenvalue weighted by molar-refractivity contribution is 5.69. The van der Waals surface area contributed by atoms with Gasteiger partial charge in [0.1, 0.15) is 0 Å². The Labute approximate surface area is 118 Å². The second kappa shape index (κ2) is 8.31. The van der Waals surface area contributed by atoms with E-state index < -0.39 is 0 Å². The number of aryl methyl sites for hydroxylation is 1. The summed E-state index contributed by atoms with van der Waals surface area (Å²) >= 11 is 0. The number of esters is 1. The number of rotatable bonds is 8. The van der Waals surface area contributed by atoms with Crippen molar-refractivity contribution in [1.29, 1.82) is 0 Å². The molecule has 0 fully saturated rings. The van der Waals surface area contributed by atoms with Gasteiger partial charge in [-0.1, -0.05) is 0 Å². The SMILES string of the molecule is COCCN(CCC(=O)OC)c1nc(C)cc(OC)n1. The third-order valence-corrected chi connectivity index (χ3v) is 2.69. The highest BCUT2D eigenvalue weighted by Gasteiger charge is 2.13. The number of carbonyl (C=O) groups is 1. The van der Waals surface area contributed by atoms with E-state index in [9.17, 15) is 4.79 Å². The van der Waals surface area contributed by atoms with Gasteiger partial charge in [-0.3, -0.25) is 4.79 Å². The number of nitrogens with zero attached hydrogens (tertiary/aromatic N) is 3. The summed E-state index contributed by atoms with van der Waals surface area (Å²) in [6, 6.07) is 1.75. The molecular weight excluding hydrogens is 262 g/mol. The van der Waals surface area contributed by atoms with E-state index in [1.54, 1.807) is 20.3 Å². The van der Waals surface area contributed by atoms with Crippen LogP contribution < -0.4 is 9.64 Å². The van der Waals surface area contributed by atoms with Crippen LogP contribution in [0.1, 0.15) is 12.1 Å². The molecule has 0 saturated heterocycles. The van der Waals surface area contributed by atoms with Crippen LogP contribution >= 0.6 is 0 Å². The van der Waals surface area contributed by atoms with Crippen LogP contribution in [0, 0.1) is 6.92 Å². The molecule has 20 heavy (non-hydrogen) atoms. The van der Waals surface area contributed by atoms with Crippen molar-refractivity contribution < 1.29 is 19.0 Å². The van der Waals surface area contributed by atoms with Crippen LogP contribution in [0.4, 0.5) is 5.95 Å². The maximum Gasteiger partial charge on any atom is 0.307 e. The number of ether oxygens (including phenoxy) is 3. The third-order valence-electron chi connectivity index (χ3n) is 2.69. The average Bonchev–Trinajstić information content (AvgIpc) is 2.46. The Kier molecular flexibility index (Phi) is 6.72. The number of hydrogen-bond acceptors (Lipinski definition) is 7.